The third-order valence-electron chi connectivity index (χ3n) is 4.20. The van der Waals surface area contributed by atoms with Gasteiger partial charge in [-0.2, -0.15) is 5.10 Å². The summed E-state index contributed by atoms with van der Waals surface area (Å²) in [5.41, 5.74) is 2.54. The van der Waals surface area contributed by atoms with Crippen molar-refractivity contribution in [2.24, 2.45) is 5.92 Å². The Labute approximate surface area is 158 Å². The van der Waals surface area contributed by atoms with Crippen LogP contribution in [0, 0.1) is 19.8 Å². The number of halogens is 1. The SMILES string of the molecule is Cc1nn(Cc2ccccc2Cl)c(C)c1C(=O)N[C@H](CC(C)C)C(=O)O. The maximum absolute atomic E-state index is 12.7. The molecule has 0 unspecified atom stereocenters. The van der Waals surface area contributed by atoms with E-state index in [1.54, 1.807) is 24.6 Å². The minimum absolute atomic E-state index is 0.154. The topological polar surface area (TPSA) is 84.2 Å². The van der Waals surface area contributed by atoms with Crippen molar-refractivity contribution in [3.8, 4) is 0 Å². The molecule has 0 saturated carbocycles. The number of aryl methyl sites for hydroxylation is 1. The van der Waals surface area contributed by atoms with Gasteiger partial charge in [0.1, 0.15) is 6.04 Å². The van der Waals surface area contributed by atoms with Gasteiger partial charge in [-0.3, -0.25) is 9.48 Å². The molecule has 0 spiro atoms. The standard InChI is InChI=1S/C19H24ClN3O3/c1-11(2)9-16(19(25)26)21-18(24)17-12(3)22-23(13(17)4)10-14-7-5-6-8-15(14)20/h5-8,11,16H,9-10H2,1-4H3,(H,21,24)(H,25,26)/t16-/m1/s1. The minimum Gasteiger partial charge on any atom is -0.480 e. The van der Waals surface area contributed by atoms with E-state index in [9.17, 15) is 14.7 Å². The highest BCUT2D eigenvalue weighted by Crippen LogP contribution is 2.20. The van der Waals surface area contributed by atoms with Crippen LogP contribution in [-0.2, 0) is 11.3 Å². The van der Waals surface area contributed by atoms with Crippen LogP contribution in [0.25, 0.3) is 0 Å². The number of nitrogens with one attached hydrogen (secondary N) is 1. The number of carboxylic acids is 1. The molecule has 2 aromatic rings. The van der Waals surface area contributed by atoms with Gasteiger partial charge >= 0.3 is 5.97 Å². The lowest BCUT2D eigenvalue weighted by atomic mass is 10.0. The Kier molecular flexibility index (Phi) is 6.42. The zero-order chi connectivity index (χ0) is 19.4. The summed E-state index contributed by atoms with van der Waals surface area (Å²) < 4.78 is 1.71. The fourth-order valence-corrected chi connectivity index (χ4v) is 3.09. The average molecular weight is 378 g/mol. The first-order valence-electron chi connectivity index (χ1n) is 8.51. The maximum atomic E-state index is 12.7. The summed E-state index contributed by atoms with van der Waals surface area (Å²) in [6.07, 6.45) is 0.368. The van der Waals surface area contributed by atoms with E-state index in [0.717, 1.165) is 5.56 Å². The third-order valence-corrected chi connectivity index (χ3v) is 4.57. The van der Waals surface area contributed by atoms with Crippen LogP contribution in [0.1, 0.15) is 47.6 Å². The molecule has 1 atom stereocenters. The molecule has 7 heteroatoms. The number of carbonyl (C=O) groups excluding carboxylic acids is 1. The van der Waals surface area contributed by atoms with Gasteiger partial charge in [0.15, 0.2) is 0 Å². The molecule has 0 aliphatic carbocycles. The molecule has 1 heterocycles. The van der Waals surface area contributed by atoms with Crippen LogP contribution in [-0.4, -0.2) is 32.8 Å². The Balaban J connectivity index is 2.25. The number of carboxylic acid groups (broad SMARTS) is 1. The normalized spacial score (nSPS) is 12.2. The summed E-state index contributed by atoms with van der Waals surface area (Å²) in [6.45, 7) is 7.81. The summed E-state index contributed by atoms with van der Waals surface area (Å²) in [7, 11) is 0. The molecule has 0 aliphatic heterocycles. The summed E-state index contributed by atoms with van der Waals surface area (Å²) in [4.78, 5) is 24.1. The van der Waals surface area contributed by atoms with E-state index in [0.29, 0.717) is 34.9 Å². The van der Waals surface area contributed by atoms with Gasteiger partial charge in [0.25, 0.3) is 5.91 Å². The van der Waals surface area contributed by atoms with Crippen molar-refractivity contribution in [2.45, 2.75) is 46.7 Å². The van der Waals surface area contributed by atoms with Gasteiger partial charge in [0.05, 0.1) is 17.8 Å². The zero-order valence-corrected chi connectivity index (χ0v) is 16.2. The first kappa shape index (κ1) is 20.0. The van der Waals surface area contributed by atoms with Gasteiger partial charge in [0.2, 0.25) is 0 Å². The Bertz CT molecular complexity index is 814. The smallest absolute Gasteiger partial charge is 0.326 e. The Morgan fingerprint density at radius 3 is 2.50 bits per heavy atom. The molecule has 1 aromatic heterocycles. The predicted octanol–water partition coefficient (Wildman–Crippen LogP) is 3.43. The van der Waals surface area contributed by atoms with Crippen LogP contribution >= 0.6 is 11.6 Å². The number of amides is 1. The Morgan fingerprint density at radius 2 is 1.92 bits per heavy atom. The number of rotatable bonds is 7. The average Bonchev–Trinajstić information content (AvgIpc) is 2.82. The summed E-state index contributed by atoms with van der Waals surface area (Å²) >= 11 is 6.20. The van der Waals surface area contributed by atoms with Crippen molar-refractivity contribution in [1.29, 1.82) is 0 Å². The number of carbonyl (C=O) groups is 2. The molecule has 1 amide bonds. The molecule has 0 bridgehead atoms. The van der Waals surface area contributed by atoms with Gasteiger partial charge < -0.3 is 10.4 Å². The second-order valence-electron chi connectivity index (χ2n) is 6.79. The van der Waals surface area contributed by atoms with Gasteiger partial charge in [-0.1, -0.05) is 43.6 Å². The van der Waals surface area contributed by atoms with Gasteiger partial charge in [0, 0.05) is 10.7 Å². The number of hydrogen-bond donors (Lipinski definition) is 2. The van der Waals surface area contributed by atoms with E-state index in [2.05, 4.69) is 10.4 Å². The molecule has 2 rings (SSSR count). The molecule has 0 saturated heterocycles. The maximum Gasteiger partial charge on any atom is 0.326 e. The van der Waals surface area contributed by atoms with E-state index in [1.165, 1.54) is 0 Å². The highest BCUT2D eigenvalue weighted by Gasteiger charge is 2.25. The van der Waals surface area contributed by atoms with E-state index < -0.39 is 17.9 Å². The Morgan fingerprint density at radius 1 is 1.27 bits per heavy atom. The highest BCUT2D eigenvalue weighted by molar-refractivity contribution is 6.31. The lowest BCUT2D eigenvalue weighted by Crippen LogP contribution is -2.42. The van der Waals surface area contributed by atoms with Crippen molar-refractivity contribution in [3.63, 3.8) is 0 Å². The number of hydrogen-bond acceptors (Lipinski definition) is 3. The van der Waals surface area contributed by atoms with Crippen molar-refractivity contribution in [1.82, 2.24) is 15.1 Å². The minimum atomic E-state index is -1.04. The molecule has 26 heavy (non-hydrogen) atoms. The second kappa shape index (κ2) is 8.36. The summed E-state index contributed by atoms with van der Waals surface area (Å²) in [6, 6.07) is 6.53. The summed E-state index contributed by atoms with van der Waals surface area (Å²) in [5, 5.41) is 17.0. The van der Waals surface area contributed by atoms with E-state index in [4.69, 9.17) is 11.6 Å². The third kappa shape index (κ3) is 4.64. The van der Waals surface area contributed by atoms with E-state index in [1.807, 2.05) is 32.0 Å². The monoisotopic (exact) mass is 377 g/mol. The number of aliphatic carboxylic acids is 1. The Hall–Kier alpha value is -2.34. The number of nitrogens with zero attached hydrogens (tertiary/aromatic N) is 2. The first-order chi connectivity index (χ1) is 12.2. The van der Waals surface area contributed by atoms with Crippen molar-refractivity contribution < 1.29 is 14.7 Å². The van der Waals surface area contributed by atoms with Crippen LogP contribution in [0.4, 0.5) is 0 Å². The van der Waals surface area contributed by atoms with Gasteiger partial charge in [-0.15, -0.1) is 0 Å². The van der Waals surface area contributed by atoms with E-state index >= 15 is 0 Å². The highest BCUT2D eigenvalue weighted by atomic mass is 35.5. The van der Waals surface area contributed by atoms with E-state index in [-0.39, 0.29) is 5.92 Å². The van der Waals surface area contributed by atoms with Gasteiger partial charge in [-0.05, 0) is 37.8 Å². The quantitative estimate of drug-likeness (QED) is 0.774. The molecule has 0 fully saturated rings. The molecule has 1 aromatic carbocycles. The first-order valence-corrected chi connectivity index (χ1v) is 8.89. The predicted molar refractivity (Wildman–Crippen MR) is 101 cm³/mol. The lowest BCUT2D eigenvalue weighted by Gasteiger charge is -2.16. The van der Waals surface area contributed by atoms with Crippen LogP contribution < -0.4 is 5.32 Å². The molecule has 0 aliphatic rings. The summed E-state index contributed by atoms with van der Waals surface area (Å²) in [5.74, 6) is -1.30. The number of aromatic nitrogens is 2. The van der Waals surface area contributed by atoms with Crippen LogP contribution in [0.2, 0.25) is 5.02 Å². The molecule has 2 N–H and O–H groups in total. The fraction of sp³-hybridized carbons (Fsp3) is 0.421. The molecule has 0 radical (unpaired) electrons. The molecule has 140 valence electrons. The van der Waals surface area contributed by atoms with Crippen molar-refractivity contribution in [2.75, 3.05) is 0 Å². The number of benzene rings is 1. The molecular weight excluding hydrogens is 354 g/mol. The van der Waals surface area contributed by atoms with Crippen LogP contribution in [0.3, 0.4) is 0 Å². The molecule has 6 nitrogen and oxygen atoms in total. The van der Waals surface area contributed by atoms with Crippen molar-refractivity contribution >= 4 is 23.5 Å². The lowest BCUT2D eigenvalue weighted by molar-refractivity contribution is -0.139. The van der Waals surface area contributed by atoms with Gasteiger partial charge in [-0.25, -0.2) is 4.79 Å². The van der Waals surface area contributed by atoms with Crippen LogP contribution in [0.15, 0.2) is 24.3 Å². The fourth-order valence-electron chi connectivity index (χ4n) is 2.89. The molecular formula is C19H24ClN3O3. The zero-order valence-electron chi connectivity index (χ0n) is 15.4. The van der Waals surface area contributed by atoms with Crippen LogP contribution in [0.5, 0.6) is 0 Å². The largest absolute Gasteiger partial charge is 0.480 e. The second-order valence-corrected chi connectivity index (χ2v) is 7.20. The van der Waals surface area contributed by atoms with Crippen molar-refractivity contribution in [3.05, 3.63) is 51.8 Å².